The van der Waals surface area contributed by atoms with Crippen LogP contribution in [0.1, 0.15) is 26.8 Å². The number of carbonyl (C=O) groups is 1. The quantitative estimate of drug-likeness (QED) is 0.535. The number of benzene rings is 2. The number of amides is 1. The van der Waals surface area contributed by atoms with E-state index in [1.54, 1.807) is 28.3 Å². The highest BCUT2D eigenvalue weighted by Crippen LogP contribution is 2.33. The Morgan fingerprint density at radius 1 is 1.13 bits per heavy atom. The second-order valence-corrected chi connectivity index (χ2v) is 7.51. The van der Waals surface area contributed by atoms with E-state index < -0.39 is 0 Å². The molecule has 4 aromatic rings. The molecule has 0 spiro atoms. The van der Waals surface area contributed by atoms with E-state index in [-0.39, 0.29) is 29.4 Å². The van der Waals surface area contributed by atoms with Crippen LogP contribution in [0.2, 0.25) is 0 Å². The molecule has 2 aromatic heterocycles. The maximum atomic E-state index is 13.8. The molecule has 0 aliphatic carbocycles. The number of H-pyrrole nitrogens is 1. The molecule has 4 rings (SSSR count). The van der Waals surface area contributed by atoms with Gasteiger partial charge in [0.15, 0.2) is 0 Å². The molecular weight excluding hydrogens is 385 g/mol. The smallest absolute Gasteiger partial charge is 0.323 e. The van der Waals surface area contributed by atoms with Gasteiger partial charge in [-0.15, -0.1) is 0 Å². The van der Waals surface area contributed by atoms with Gasteiger partial charge < -0.3 is 4.98 Å². The Morgan fingerprint density at radius 3 is 2.57 bits per heavy atom. The zero-order valence-electron chi connectivity index (χ0n) is 17.2. The lowest BCUT2D eigenvalue weighted by molar-refractivity contribution is -0.114. The number of halogens is 1. The van der Waals surface area contributed by atoms with Crippen LogP contribution in [-0.4, -0.2) is 25.0 Å². The van der Waals surface area contributed by atoms with Gasteiger partial charge in [0.05, 0.1) is 22.4 Å². The van der Waals surface area contributed by atoms with Crippen LogP contribution in [0.25, 0.3) is 33.5 Å². The third kappa shape index (κ3) is 3.30. The van der Waals surface area contributed by atoms with Gasteiger partial charge in [-0.3, -0.25) is 19.2 Å². The molecule has 0 atom stereocenters. The Kier molecular flexibility index (Phi) is 4.77. The normalized spacial score (nSPS) is 11.4. The second-order valence-electron chi connectivity index (χ2n) is 7.51. The summed E-state index contributed by atoms with van der Waals surface area (Å²) in [6, 6.07) is 11.8. The zero-order valence-corrected chi connectivity index (χ0v) is 17.2. The van der Waals surface area contributed by atoms with Crippen LogP contribution in [0.3, 0.4) is 0 Å². The Balaban J connectivity index is 1.94. The summed E-state index contributed by atoms with van der Waals surface area (Å²) < 4.78 is 17.2. The van der Waals surface area contributed by atoms with Gasteiger partial charge in [0.2, 0.25) is 11.9 Å². The Hall–Kier alpha value is -3.68. The van der Waals surface area contributed by atoms with Crippen molar-refractivity contribution in [3.05, 3.63) is 58.8 Å². The molecule has 30 heavy (non-hydrogen) atoms. The summed E-state index contributed by atoms with van der Waals surface area (Å²) in [5.74, 6) is -0.382. The van der Waals surface area contributed by atoms with Crippen molar-refractivity contribution in [1.82, 2.24) is 19.1 Å². The predicted octanol–water partition coefficient (Wildman–Crippen LogP) is 4.08. The monoisotopic (exact) mass is 407 g/mol. The highest BCUT2D eigenvalue weighted by Gasteiger charge is 2.18. The molecule has 2 aromatic carbocycles. The SMILES string of the molecule is CC(=O)Nc1nc(-c2cccc(F)c2)c(-c2ccc3c(c2)n(C)c(=O)n3C(C)C)[nH]1. The molecule has 0 aliphatic heterocycles. The summed E-state index contributed by atoms with van der Waals surface area (Å²) in [6.45, 7) is 5.32. The van der Waals surface area contributed by atoms with E-state index in [0.29, 0.717) is 17.0 Å². The number of imidazole rings is 2. The Bertz CT molecular complexity index is 1330. The van der Waals surface area contributed by atoms with Crippen molar-refractivity contribution >= 4 is 22.9 Å². The molecule has 0 radical (unpaired) electrons. The Labute approximate surface area is 172 Å². The van der Waals surface area contributed by atoms with Crippen LogP contribution < -0.4 is 11.0 Å². The number of aromatic amines is 1. The molecule has 7 nitrogen and oxygen atoms in total. The van der Waals surface area contributed by atoms with Crippen LogP contribution in [0.5, 0.6) is 0 Å². The first-order valence-corrected chi connectivity index (χ1v) is 9.61. The fraction of sp³-hybridized carbons (Fsp3) is 0.227. The number of rotatable bonds is 4. The first-order chi connectivity index (χ1) is 14.3. The summed E-state index contributed by atoms with van der Waals surface area (Å²) in [5.41, 5.74) is 3.98. The average molecular weight is 407 g/mol. The maximum Gasteiger partial charge on any atom is 0.329 e. The summed E-state index contributed by atoms with van der Waals surface area (Å²) in [5, 5.41) is 2.64. The number of fused-ring (bicyclic) bond motifs is 1. The zero-order chi connectivity index (χ0) is 21.6. The topological polar surface area (TPSA) is 84.7 Å². The fourth-order valence-electron chi connectivity index (χ4n) is 3.67. The third-order valence-corrected chi connectivity index (χ3v) is 4.99. The van der Waals surface area contributed by atoms with Crippen LogP contribution in [0, 0.1) is 5.82 Å². The van der Waals surface area contributed by atoms with Gasteiger partial charge in [0.1, 0.15) is 5.82 Å². The molecule has 2 N–H and O–H groups in total. The number of aryl methyl sites for hydroxylation is 1. The maximum absolute atomic E-state index is 13.8. The van der Waals surface area contributed by atoms with Crippen molar-refractivity contribution < 1.29 is 9.18 Å². The number of hydrogen-bond donors (Lipinski definition) is 2. The van der Waals surface area contributed by atoms with Crippen molar-refractivity contribution in [1.29, 1.82) is 0 Å². The van der Waals surface area contributed by atoms with E-state index in [0.717, 1.165) is 16.6 Å². The van der Waals surface area contributed by atoms with Crippen LogP contribution >= 0.6 is 0 Å². The average Bonchev–Trinajstić information content (AvgIpc) is 3.20. The molecule has 1 amide bonds. The molecule has 0 unspecified atom stereocenters. The van der Waals surface area contributed by atoms with Gasteiger partial charge >= 0.3 is 5.69 Å². The van der Waals surface area contributed by atoms with E-state index in [1.807, 2.05) is 32.0 Å². The number of carbonyl (C=O) groups excluding carboxylic acids is 1. The minimum absolute atomic E-state index is 0.0217. The van der Waals surface area contributed by atoms with E-state index in [4.69, 9.17) is 0 Å². The van der Waals surface area contributed by atoms with Crippen molar-refractivity contribution in [3.8, 4) is 22.5 Å². The van der Waals surface area contributed by atoms with Gasteiger partial charge in [-0.05, 0) is 38.1 Å². The molecule has 8 heteroatoms. The van der Waals surface area contributed by atoms with E-state index in [1.165, 1.54) is 19.1 Å². The summed E-state index contributed by atoms with van der Waals surface area (Å²) in [7, 11) is 1.73. The van der Waals surface area contributed by atoms with Crippen molar-refractivity contribution in [3.63, 3.8) is 0 Å². The van der Waals surface area contributed by atoms with Crippen molar-refractivity contribution in [2.75, 3.05) is 5.32 Å². The van der Waals surface area contributed by atoms with Gasteiger partial charge in [-0.1, -0.05) is 18.2 Å². The molecule has 0 saturated heterocycles. The molecule has 0 saturated carbocycles. The second kappa shape index (κ2) is 7.29. The number of anilines is 1. The lowest BCUT2D eigenvalue weighted by Crippen LogP contribution is -2.23. The van der Waals surface area contributed by atoms with E-state index >= 15 is 0 Å². The molecule has 0 fully saturated rings. The minimum Gasteiger partial charge on any atom is -0.323 e. The largest absolute Gasteiger partial charge is 0.329 e. The predicted molar refractivity (Wildman–Crippen MR) is 115 cm³/mol. The minimum atomic E-state index is -0.380. The van der Waals surface area contributed by atoms with Crippen LogP contribution in [0.4, 0.5) is 10.3 Å². The standard InChI is InChI=1S/C22H22FN5O2/c1-12(2)28-17-9-8-15(11-18(17)27(4)22(28)30)20-19(14-6-5-7-16(23)10-14)25-21(26-20)24-13(3)29/h5-12H,1-4H3,(H2,24,25,26,29). The summed E-state index contributed by atoms with van der Waals surface area (Å²) in [4.78, 5) is 31.7. The summed E-state index contributed by atoms with van der Waals surface area (Å²) in [6.07, 6.45) is 0. The highest BCUT2D eigenvalue weighted by molar-refractivity contribution is 5.90. The molecule has 0 aliphatic rings. The number of nitrogens with zero attached hydrogens (tertiary/aromatic N) is 3. The van der Waals surface area contributed by atoms with E-state index in [9.17, 15) is 14.0 Å². The molecular formula is C22H22FN5O2. The lowest BCUT2D eigenvalue weighted by atomic mass is 10.0. The number of nitrogens with one attached hydrogen (secondary N) is 2. The molecule has 2 heterocycles. The first-order valence-electron chi connectivity index (χ1n) is 9.61. The van der Waals surface area contributed by atoms with Gasteiger partial charge in [-0.2, -0.15) is 0 Å². The first kappa shape index (κ1) is 19.6. The summed E-state index contributed by atoms with van der Waals surface area (Å²) >= 11 is 0. The van der Waals surface area contributed by atoms with Crippen molar-refractivity contribution in [2.45, 2.75) is 26.8 Å². The van der Waals surface area contributed by atoms with Crippen LogP contribution in [0.15, 0.2) is 47.3 Å². The number of hydrogen-bond acceptors (Lipinski definition) is 3. The van der Waals surface area contributed by atoms with E-state index in [2.05, 4.69) is 15.3 Å². The van der Waals surface area contributed by atoms with Gasteiger partial charge in [0, 0.05) is 31.1 Å². The third-order valence-electron chi connectivity index (χ3n) is 4.99. The molecule has 154 valence electrons. The molecule has 0 bridgehead atoms. The van der Waals surface area contributed by atoms with Crippen LogP contribution in [-0.2, 0) is 11.8 Å². The lowest BCUT2D eigenvalue weighted by Gasteiger charge is -2.08. The van der Waals surface area contributed by atoms with Gasteiger partial charge in [-0.25, -0.2) is 14.2 Å². The van der Waals surface area contributed by atoms with Crippen molar-refractivity contribution in [2.24, 2.45) is 7.05 Å². The number of aromatic nitrogens is 4. The fourth-order valence-corrected chi connectivity index (χ4v) is 3.67. The Morgan fingerprint density at radius 2 is 1.90 bits per heavy atom. The highest BCUT2D eigenvalue weighted by atomic mass is 19.1. The van der Waals surface area contributed by atoms with Gasteiger partial charge in [0.25, 0.3) is 0 Å².